The molecular formula is C18H26ClN3O4. The minimum atomic E-state index is -0.772. The molecule has 0 radical (unpaired) electrons. The van der Waals surface area contributed by atoms with Crippen LogP contribution in [0.4, 0.5) is 5.69 Å². The number of nitrogens with one attached hydrogen (secondary N) is 2. The monoisotopic (exact) mass is 383 g/mol. The number of hydrogen-bond donors (Lipinski definition) is 2. The molecule has 0 aliphatic carbocycles. The van der Waals surface area contributed by atoms with Crippen LogP contribution in [0.5, 0.6) is 0 Å². The summed E-state index contributed by atoms with van der Waals surface area (Å²) in [5, 5.41) is 5.71. The first kappa shape index (κ1) is 21.9. The Balaban J connectivity index is 2.56. The number of benzene rings is 1. The normalized spacial score (nSPS) is 11.8. The molecule has 2 N–H and O–H groups in total. The maximum atomic E-state index is 12.0. The van der Waals surface area contributed by atoms with E-state index in [1.165, 1.54) is 0 Å². The average molecular weight is 384 g/mol. The molecule has 8 heteroatoms. The zero-order valence-electron chi connectivity index (χ0n) is 15.6. The predicted octanol–water partition coefficient (Wildman–Crippen LogP) is 2.19. The van der Waals surface area contributed by atoms with E-state index >= 15 is 0 Å². The van der Waals surface area contributed by atoms with Gasteiger partial charge in [-0.25, -0.2) is 0 Å². The fraction of sp³-hybridized carbons (Fsp3) is 0.500. The SMILES string of the molecule is CCOC(=O)CCC(C)NC(=O)C(=O)Nc1ccc(Cl)c(CN(C)C)c1. The van der Waals surface area contributed by atoms with Crippen LogP contribution in [0.3, 0.4) is 0 Å². The number of esters is 1. The first-order valence-corrected chi connectivity index (χ1v) is 8.81. The van der Waals surface area contributed by atoms with E-state index in [0.717, 1.165) is 5.56 Å². The van der Waals surface area contributed by atoms with Gasteiger partial charge in [0.05, 0.1) is 6.61 Å². The lowest BCUT2D eigenvalue weighted by Gasteiger charge is -2.15. The molecule has 1 aromatic carbocycles. The van der Waals surface area contributed by atoms with Gasteiger partial charge in [0.2, 0.25) is 0 Å². The number of hydrogen-bond acceptors (Lipinski definition) is 5. The van der Waals surface area contributed by atoms with E-state index in [1.54, 1.807) is 32.0 Å². The molecule has 1 atom stereocenters. The van der Waals surface area contributed by atoms with Crippen molar-refractivity contribution < 1.29 is 19.1 Å². The number of rotatable bonds is 8. The molecule has 0 aliphatic heterocycles. The predicted molar refractivity (Wildman–Crippen MR) is 101 cm³/mol. The van der Waals surface area contributed by atoms with Gasteiger partial charge in [-0.2, -0.15) is 0 Å². The molecule has 0 saturated heterocycles. The zero-order chi connectivity index (χ0) is 19.7. The number of nitrogens with zero attached hydrogens (tertiary/aromatic N) is 1. The van der Waals surface area contributed by atoms with E-state index in [1.807, 2.05) is 19.0 Å². The number of ether oxygens (including phenoxy) is 1. The van der Waals surface area contributed by atoms with Crippen LogP contribution in [0.1, 0.15) is 32.3 Å². The molecule has 1 aromatic rings. The summed E-state index contributed by atoms with van der Waals surface area (Å²) in [5.41, 5.74) is 1.34. The highest BCUT2D eigenvalue weighted by Crippen LogP contribution is 2.21. The van der Waals surface area contributed by atoms with Gasteiger partial charge >= 0.3 is 17.8 Å². The maximum Gasteiger partial charge on any atom is 0.313 e. The molecule has 0 spiro atoms. The number of anilines is 1. The van der Waals surface area contributed by atoms with Gasteiger partial charge in [0.1, 0.15) is 0 Å². The molecule has 7 nitrogen and oxygen atoms in total. The summed E-state index contributed by atoms with van der Waals surface area (Å²) < 4.78 is 4.83. The fourth-order valence-electron chi connectivity index (χ4n) is 2.23. The molecule has 0 saturated carbocycles. The van der Waals surface area contributed by atoms with Gasteiger partial charge in [-0.15, -0.1) is 0 Å². The summed E-state index contributed by atoms with van der Waals surface area (Å²) in [5.74, 6) is -1.86. The maximum absolute atomic E-state index is 12.0. The van der Waals surface area contributed by atoms with E-state index in [-0.39, 0.29) is 18.4 Å². The van der Waals surface area contributed by atoms with Crippen molar-refractivity contribution in [3.8, 4) is 0 Å². The van der Waals surface area contributed by atoms with Crippen molar-refractivity contribution in [3.63, 3.8) is 0 Å². The number of carbonyl (C=O) groups is 3. The summed E-state index contributed by atoms with van der Waals surface area (Å²) in [6, 6.07) is 4.72. The first-order valence-electron chi connectivity index (χ1n) is 8.43. The van der Waals surface area contributed by atoms with Gasteiger partial charge in [-0.05, 0) is 58.1 Å². The molecule has 0 fully saturated rings. The highest BCUT2D eigenvalue weighted by Gasteiger charge is 2.17. The Bertz CT molecular complexity index is 649. The third kappa shape index (κ3) is 7.84. The van der Waals surface area contributed by atoms with Crippen molar-refractivity contribution >= 4 is 35.1 Å². The number of amides is 2. The average Bonchev–Trinajstić information content (AvgIpc) is 2.55. The van der Waals surface area contributed by atoms with Crippen LogP contribution in [0.2, 0.25) is 5.02 Å². The van der Waals surface area contributed by atoms with Crippen molar-refractivity contribution in [2.24, 2.45) is 0 Å². The standard InChI is InChI=1S/C18H26ClN3O4/c1-5-26-16(23)9-6-12(2)20-17(24)18(25)21-14-7-8-15(19)13(10-14)11-22(3)4/h7-8,10,12H,5-6,9,11H2,1-4H3,(H,20,24)(H,21,25). The van der Waals surface area contributed by atoms with Crippen molar-refractivity contribution in [1.29, 1.82) is 0 Å². The van der Waals surface area contributed by atoms with Gasteiger partial charge in [0.15, 0.2) is 0 Å². The van der Waals surface area contributed by atoms with Crippen LogP contribution in [-0.4, -0.2) is 49.4 Å². The van der Waals surface area contributed by atoms with E-state index in [4.69, 9.17) is 16.3 Å². The van der Waals surface area contributed by atoms with Gasteiger partial charge in [-0.1, -0.05) is 11.6 Å². The molecule has 26 heavy (non-hydrogen) atoms. The quantitative estimate of drug-likeness (QED) is 0.530. The Hall–Kier alpha value is -2.12. The second-order valence-corrected chi connectivity index (χ2v) is 6.62. The summed E-state index contributed by atoms with van der Waals surface area (Å²) in [4.78, 5) is 37.3. The number of halogens is 1. The summed E-state index contributed by atoms with van der Waals surface area (Å²) in [6.45, 7) is 4.38. The van der Waals surface area contributed by atoms with Crippen molar-refractivity contribution in [2.45, 2.75) is 39.3 Å². The lowest BCUT2D eigenvalue weighted by atomic mass is 10.1. The van der Waals surface area contributed by atoms with Crippen molar-refractivity contribution in [3.05, 3.63) is 28.8 Å². The summed E-state index contributed by atoms with van der Waals surface area (Å²) >= 11 is 6.13. The van der Waals surface area contributed by atoms with Crippen LogP contribution < -0.4 is 10.6 Å². The Morgan fingerprint density at radius 3 is 2.54 bits per heavy atom. The van der Waals surface area contributed by atoms with Crippen LogP contribution in [0.25, 0.3) is 0 Å². The molecule has 144 valence electrons. The summed E-state index contributed by atoms with van der Waals surface area (Å²) in [6.07, 6.45) is 0.577. The fourth-order valence-corrected chi connectivity index (χ4v) is 2.41. The highest BCUT2D eigenvalue weighted by molar-refractivity contribution is 6.39. The molecule has 0 heterocycles. The van der Waals surface area contributed by atoms with Crippen LogP contribution in [-0.2, 0) is 25.7 Å². The second kappa shape index (κ2) is 10.8. The van der Waals surface area contributed by atoms with Gasteiger partial charge in [0, 0.05) is 29.7 Å². The van der Waals surface area contributed by atoms with Gasteiger partial charge in [0.25, 0.3) is 0 Å². The first-order chi connectivity index (χ1) is 12.2. The van der Waals surface area contributed by atoms with Crippen LogP contribution >= 0.6 is 11.6 Å². The minimum Gasteiger partial charge on any atom is -0.466 e. The van der Waals surface area contributed by atoms with Crippen LogP contribution in [0.15, 0.2) is 18.2 Å². The third-order valence-corrected chi connectivity index (χ3v) is 3.83. The third-order valence-electron chi connectivity index (χ3n) is 3.46. The molecule has 2 amide bonds. The molecule has 1 rings (SSSR count). The van der Waals surface area contributed by atoms with Crippen LogP contribution in [0, 0.1) is 0 Å². The van der Waals surface area contributed by atoms with Crippen molar-refractivity contribution in [2.75, 3.05) is 26.0 Å². The highest BCUT2D eigenvalue weighted by atomic mass is 35.5. The lowest BCUT2D eigenvalue weighted by molar-refractivity contribution is -0.143. The molecular weight excluding hydrogens is 358 g/mol. The van der Waals surface area contributed by atoms with Gasteiger partial charge in [-0.3, -0.25) is 14.4 Å². The minimum absolute atomic E-state index is 0.183. The molecule has 0 aliphatic rings. The lowest BCUT2D eigenvalue weighted by Crippen LogP contribution is -2.40. The largest absolute Gasteiger partial charge is 0.466 e. The Morgan fingerprint density at radius 1 is 1.23 bits per heavy atom. The Labute approximate surface area is 159 Å². The van der Waals surface area contributed by atoms with Crippen molar-refractivity contribution in [1.82, 2.24) is 10.2 Å². The molecule has 0 bridgehead atoms. The zero-order valence-corrected chi connectivity index (χ0v) is 16.4. The molecule has 1 unspecified atom stereocenters. The smallest absolute Gasteiger partial charge is 0.313 e. The Morgan fingerprint density at radius 2 is 1.92 bits per heavy atom. The number of carbonyl (C=O) groups excluding carboxylic acids is 3. The molecule has 0 aromatic heterocycles. The summed E-state index contributed by atoms with van der Waals surface area (Å²) in [7, 11) is 3.82. The Kier molecular flexibility index (Phi) is 9.09. The van der Waals surface area contributed by atoms with Gasteiger partial charge < -0.3 is 20.3 Å². The second-order valence-electron chi connectivity index (χ2n) is 6.22. The van der Waals surface area contributed by atoms with E-state index in [9.17, 15) is 14.4 Å². The van der Waals surface area contributed by atoms with E-state index in [0.29, 0.717) is 30.3 Å². The van der Waals surface area contributed by atoms with E-state index < -0.39 is 11.8 Å². The topological polar surface area (TPSA) is 87.7 Å². The van der Waals surface area contributed by atoms with E-state index in [2.05, 4.69) is 10.6 Å².